The van der Waals surface area contributed by atoms with E-state index in [9.17, 15) is 13.2 Å². The van der Waals surface area contributed by atoms with Crippen LogP contribution < -0.4 is 5.32 Å². The lowest BCUT2D eigenvalue weighted by Gasteiger charge is -2.25. The Morgan fingerprint density at radius 2 is 1.17 bits per heavy atom. The highest BCUT2D eigenvalue weighted by molar-refractivity contribution is 5.44. The summed E-state index contributed by atoms with van der Waals surface area (Å²) in [5.41, 5.74) is 3.83. The topological polar surface area (TPSA) is 14.1 Å². The zero-order valence-corrected chi connectivity index (χ0v) is 20.8. The van der Waals surface area contributed by atoms with Crippen LogP contribution in [0.15, 0.2) is 72.8 Å². The Labute approximate surface area is 207 Å². The molecule has 35 heavy (non-hydrogen) atoms. The number of unbranched alkanes of at least 4 members (excludes halogenated alkanes) is 3. The summed E-state index contributed by atoms with van der Waals surface area (Å²) in [7, 11) is 0. The van der Waals surface area contributed by atoms with E-state index < -0.39 is 17.3 Å². The SMILES string of the molecule is CCCCCCc1ccc(C#Cc2ccc(C[N]C(C)(C)c3ccc(C(F)(F)F)cc3)cc2)cc1. The minimum atomic E-state index is -4.33. The van der Waals surface area contributed by atoms with Crippen molar-refractivity contribution in [3.8, 4) is 11.8 Å². The van der Waals surface area contributed by atoms with Crippen molar-refractivity contribution in [3.63, 3.8) is 0 Å². The van der Waals surface area contributed by atoms with Gasteiger partial charge in [-0.15, -0.1) is 0 Å². The van der Waals surface area contributed by atoms with Crippen molar-refractivity contribution < 1.29 is 13.2 Å². The lowest BCUT2D eigenvalue weighted by atomic mass is 9.93. The highest BCUT2D eigenvalue weighted by Gasteiger charge is 2.31. The lowest BCUT2D eigenvalue weighted by Crippen LogP contribution is -2.30. The summed E-state index contributed by atoms with van der Waals surface area (Å²) >= 11 is 0. The number of hydrogen-bond acceptors (Lipinski definition) is 0. The number of nitrogens with zero attached hydrogens (tertiary/aromatic N) is 1. The van der Waals surface area contributed by atoms with Crippen molar-refractivity contribution in [3.05, 3.63) is 106 Å². The van der Waals surface area contributed by atoms with Crippen LogP contribution in [0.4, 0.5) is 13.2 Å². The second kappa shape index (κ2) is 12.1. The van der Waals surface area contributed by atoms with E-state index in [-0.39, 0.29) is 0 Å². The summed E-state index contributed by atoms with van der Waals surface area (Å²) in [6.07, 6.45) is 1.86. The van der Waals surface area contributed by atoms with Crippen LogP contribution in [0.5, 0.6) is 0 Å². The van der Waals surface area contributed by atoms with Crippen LogP contribution in [-0.4, -0.2) is 0 Å². The molecule has 1 nitrogen and oxygen atoms in total. The van der Waals surface area contributed by atoms with Crippen molar-refractivity contribution in [2.45, 2.75) is 71.1 Å². The average Bonchev–Trinajstić information content (AvgIpc) is 2.85. The Morgan fingerprint density at radius 1 is 0.657 bits per heavy atom. The molecule has 3 aromatic carbocycles. The zero-order valence-electron chi connectivity index (χ0n) is 20.8. The summed E-state index contributed by atoms with van der Waals surface area (Å²) in [6.45, 7) is 6.52. The molecule has 0 spiro atoms. The highest BCUT2D eigenvalue weighted by atomic mass is 19.4. The second-order valence-electron chi connectivity index (χ2n) is 9.40. The summed E-state index contributed by atoms with van der Waals surface area (Å²) in [5, 5.41) is 4.73. The molecular weight excluding hydrogens is 443 g/mol. The standard InChI is InChI=1S/C31H33F3N/c1-4-5-6-7-8-24-9-11-25(12-10-24)13-14-26-15-17-27(18-16-26)23-35-30(2,3)28-19-21-29(22-20-28)31(32,33)34/h9-12,15-22H,4-8,23H2,1-3H3. The molecule has 3 rings (SSSR count). The molecule has 0 saturated heterocycles. The van der Waals surface area contributed by atoms with E-state index in [0.29, 0.717) is 6.54 Å². The van der Waals surface area contributed by atoms with Crippen molar-refractivity contribution in [2.75, 3.05) is 0 Å². The molecular formula is C31H33F3N. The minimum Gasteiger partial charge on any atom is -0.226 e. The molecule has 0 N–H and O–H groups in total. The van der Waals surface area contributed by atoms with Gasteiger partial charge in [0.05, 0.1) is 11.1 Å². The van der Waals surface area contributed by atoms with Gasteiger partial charge in [0.15, 0.2) is 0 Å². The first-order chi connectivity index (χ1) is 16.7. The Hall–Kier alpha value is -3.03. The van der Waals surface area contributed by atoms with Crippen LogP contribution in [0, 0.1) is 11.8 Å². The van der Waals surface area contributed by atoms with Crippen LogP contribution in [0.25, 0.3) is 0 Å². The Morgan fingerprint density at radius 3 is 1.69 bits per heavy atom. The van der Waals surface area contributed by atoms with Gasteiger partial charge in [0, 0.05) is 17.7 Å². The first-order valence-corrected chi connectivity index (χ1v) is 12.2. The molecule has 0 aliphatic rings. The zero-order chi connectivity index (χ0) is 25.3. The predicted molar refractivity (Wildman–Crippen MR) is 137 cm³/mol. The fourth-order valence-electron chi connectivity index (χ4n) is 3.80. The summed E-state index contributed by atoms with van der Waals surface area (Å²) in [6, 6.07) is 21.7. The number of benzene rings is 3. The molecule has 183 valence electrons. The van der Waals surface area contributed by atoms with Crippen LogP contribution in [0.2, 0.25) is 0 Å². The van der Waals surface area contributed by atoms with Gasteiger partial charge in [-0.3, -0.25) is 0 Å². The predicted octanol–water partition coefficient (Wildman–Crippen LogP) is 8.27. The number of rotatable bonds is 9. The molecule has 0 aliphatic heterocycles. The fourth-order valence-corrected chi connectivity index (χ4v) is 3.80. The molecule has 0 bridgehead atoms. The van der Waals surface area contributed by atoms with Gasteiger partial charge in [-0.05, 0) is 79.8 Å². The third-order valence-corrected chi connectivity index (χ3v) is 6.15. The van der Waals surface area contributed by atoms with Gasteiger partial charge in [0.25, 0.3) is 0 Å². The number of halogens is 3. The van der Waals surface area contributed by atoms with Gasteiger partial charge < -0.3 is 0 Å². The van der Waals surface area contributed by atoms with E-state index in [2.05, 4.69) is 43.0 Å². The number of aryl methyl sites for hydroxylation is 1. The molecule has 0 unspecified atom stereocenters. The molecule has 0 heterocycles. The van der Waals surface area contributed by atoms with Crippen LogP contribution >= 0.6 is 0 Å². The molecule has 3 aromatic rings. The number of alkyl halides is 3. The van der Waals surface area contributed by atoms with Gasteiger partial charge in [-0.25, -0.2) is 5.32 Å². The fraction of sp³-hybridized carbons (Fsp3) is 0.355. The maximum atomic E-state index is 12.8. The summed E-state index contributed by atoms with van der Waals surface area (Å²) in [4.78, 5) is 0. The van der Waals surface area contributed by atoms with Crippen LogP contribution in [0.1, 0.15) is 79.8 Å². The molecule has 0 aliphatic carbocycles. The average molecular weight is 477 g/mol. The quantitative estimate of drug-likeness (QED) is 0.218. The Kier molecular flexibility index (Phi) is 9.18. The normalized spacial score (nSPS) is 11.7. The van der Waals surface area contributed by atoms with Gasteiger partial charge in [0.1, 0.15) is 0 Å². The molecule has 4 heteroatoms. The van der Waals surface area contributed by atoms with E-state index >= 15 is 0 Å². The number of hydrogen-bond donors (Lipinski definition) is 0. The summed E-state index contributed by atoms with van der Waals surface area (Å²) < 4.78 is 38.4. The third kappa shape index (κ3) is 8.30. The van der Waals surface area contributed by atoms with E-state index in [0.717, 1.165) is 40.8 Å². The van der Waals surface area contributed by atoms with E-state index in [1.54, 1.807) is 0 Å². The molecule has 0 atom stereocenters. The van der Waals surface area contributed by atoms with Gasteiger partial charge in [-0.1, -0.05) is 74.4 Å². The van der Waals surface area contributed by atoms with Gasteiger partial charge in [-0.2, -0.15) is 13.2 Å². The molecule has 0 amide bonds. The van der Waals surface area contributed by atoms with Crippen LogP contribution in [0.3, 0.4) is 0 Å². The Bertz CT molecular complexity index is 1110. The summed E-state index contributed by atoms with van der Waals surface area (Å²) in [5.74, 6) is 6.43. The van der Waals surface area contributed by atoms with Crippen molar-refractivity contribution in [1.29, 1.82) is 0 Å². The largest absolute Gasteiger partial charge is 0.416 e. The third-order valence-electron chi connectivity index (χ3n) is 6.15. The van der Waals surface area contributed by atoms with E-state index in [1.807, 2.05) is 38.1 Å². The first-order valence-electron chi connectivity index (χ1n) is 12.2. The maximum absolute atomic E-state index is 12.8. The second-order valence-corrected chi connectivity index (χ2v) is 9.40. The molecule has 1 radical (unpaired) electrons. The van der Waals surface area contributed by atoms with Gasteiger partial charge >= 0.3 is 6.18 Å². The van der Waals surface area contributed by atoms with Gasteiger partial charge in [0.2, 0.25) is 0 Å². The lowest BCUT2D eigenvalue weighted by molar-refractivity contribution is -0.137. The van der Waals surface area contributed by atoms with Crippen LogP contribution in [-0.2, 0) is 24.7 Å². The first kappa shape index (κ1) is 26.6. The smallest absolute Gasteiger partial charge is 0.226 e. The monoisotopic (exact) mass is 476 g/mol. The van der Waals surface area contributed by atoms with E-state index in [4.69, 9.17) is 5.32 Å². The molecule has 0 saturated carbocycles. The minimum absolute atomic E-state index is 0.474. The molecule has 0 aromatic heterocycles. The van der Waals surface area contributed by atoms with E-state index in [1.165, 1.54) is 43.4 Å². The maximum Gasteiger partial charge on any atom is 0.416 e. The van der Waals surface area contributed by atoms with Crippen molar-refractivity contribution in [2.24, 2.45) is 0 Å². The van der Waals surface area contributed by atoms with Crippen molar-refractivity contribution >= 4 is 0 Å². The highest BCUT2D eigenvalue weighted by Crippen LogP contribution is 2.31. The van der Waals surface area contributed by atoms with Crippen molar-refractivity contribution in [1.82, 2.24) is 5.32 Å². The Balaban J connectivity index is 1.53. The molecule has 0 fully saturated rings.